The Kier molecular flexibility index (Phi) is 7.17. The van der Waals surface area contributed by atoms with Crippen LogP contribution in [0.3, 0.4) is 0 Å². The fraction of sp³-hybridized carbons (Fsp3) is 0.467. The van der Waals surface area contributed by atoms with Crippen molar-refractivity contribution < 1.29 is 19.8 Å². The first-order valence-corrected chi connectivity index (χ1v) is 6.85. The number of carbonyl (C=O) groups is 2. The maximum atomic E-state index is 11.6. The van der Waals surface area contributed by atoms with Gasteiger partial charge in [-0.2, -0.15) is 0 Å². The first-order valence-electron chi connectivity index (χ1n) is 6.85. The highest BCUT2D eigenvalue weighted by Crippen LogP contribution is 2.15. The molecule has 0 radical (unpaired) electrons. The number of carboxylic acids is 1. The van der Waals surface area contributed by atoms with Gasteiger partial charge in [-0.05, 0) is 18.9 Å². The lowest BCUT2D eigenvalue weighted by Crippen LogP contribution is -2.26. The van der Waals surface area contributed by atoms with Crippen LogP contribution in [0.4, 0.5) is 0 Å². The summed E-state index contributed by atoms with van der Waals surface area (Å²) in [5.74, 6) is -0.741. The average Bonchev–Trinajstić information content (AvgIpc) is 2.40. The first kappa shape index (κ1) is 16.0. The quantitative estimate of drug-likeness (QED) is 0.604. The summed E-state index contributed by atoms with van der Waals surface area (Å²) < 4.78 is 0. The number of phenolic OH excluding ortho intramolecular Hbond substituents is 1. The summed E-state index contributed by atoms with van der Waals surface area (Å²) in [4.78, 5) is 21.9. The van der Waals surface area contributed by atoms with Gasteiger partial charge < -0.3 is 15.5 Å². The molecule has 0 fully saturated rings. The molecule has 0 saturated carbocycles. The molecule has 0 aromatic heterocycles. The van der Waals surface area contributed by atoms with Gasteiger partial charge in [-0.15, -0.1) is 0 Å². The summed E-state index contributed by atoms with van der Waals surface area (Å²) >= 11 is 0. The van der Waals surface area contributed by atoms with Crippen molar-refractivity contribution in [3.8, 4) is 5.75 Å². The van der Waals surface area contributed by atoms with Crippen molar-refractivity contribution in [3.63, 3.8) is 0 Å². The van der Waals surface area contributed by atoms with Crippen LogP contribution in [0.2, 0.25) is 0 Å². The van der Waals surface area contributed by atoms with Crippen LogP contribution in [0.1, 0.15) is 37.7 Å². The number of carboxylic acid groups (broad SMARTS) is 1. The monoisotopic (exact) mass is 279 g/mol. The van der Waals surface area contributed by atoms with Crippen LogP contribution in [-0.4, -0.2) is 28.6 Å². The number of phenols is 1. The largest absolute Gasteiger partial charge is 0.508 e. The summed E-state index contributed by atoms with van der Waals surface area (Å²) in [5.41, 5.74) is 0.617. The first-order chi connectivity index (χ1) is 9.59. The van der Waals surface area contributed by atoms with Gasteiger partial charge in [0.15, 0.2) is 0 Å². The van der Waals surface area contributed by atoms with Crippen molar-refractivity contribution in [3.05, 3.63) is 29.8 Å². The van der Waals surface area contributed by atoms with Crippen molar-refractivity contribution in [1.29, 1.82) is 0 Å². The van der Waals surface area contributed by atoms with Crippen LogP contribution in [0.15, 0.2) is 24.3 Å². The van der Waals surface area contributed by atoms with E-state index < -0.39 is 5.97 Å². The van der Waals surface area contributed by atoms with E-state index in [4.69, 9.17) is 5.11 Å². The molecular formula is C15H21NO4. The van der Waals surface area contributed by atoms with Crippen LogP contribution >= 0.6 is 0 Å². The molecule has 20 heavy (non-hydrogen) atoms. The molecular weight excluding hydrogens is 258 g/mol. The van der Waals surface area contributed by atoms with E-state index in [-0.39, 0.29) is 24.5 Å². The average molecular weight is 279 g/mol. The summed E-state index contributed by atoms with van der Waals surface area (Å²) in [6, 6.07) is 6.78. The Balaban J connectivity index is 2.09. The van der Waals surface area contributed by atoms with Gasteiger partial charge in [0.05, 0.1) is 6.42 Å². The normalized spacial score (nSPS) is 10.2. The Morgan fingerprint density at radius 3 is 2.45 bits per heavy atom. The van der Waals surface area contributed by atoms with E-state index in [0.717, 1.165) is 19.3 Å². The highest BCUT2D eigenvalue weighted by Gasteiger charge is 2.06. The third-order valence-corrected chi connectivity index (χ3v) is 2.98. The van der Waals surface area contributed by atoms with E-state index in [1.807, 2.05) is 0 Å². The minimum Gasteiger partial charge on any atom is -0.508 e. The van der Waals surface area contributed by atoms with E-state index in [2.05, 4.69) is 5.32 Å². The fourth-order valence-corrected chi connectivity index (χ4v) is 1.88. The number of unbranched alkanes of at least 4 members (excludes halogenated alkanes) is 3. The number of para-hydroxylation sites is 1. The van der Waals surface area contributed by atoms with Gasteiger partial charge >= 0.3 is 5.97 Å². The van der Waals surface area contributed by atoms with Gasteiger partial charge in [0.25, 0.3) is 0 Å². The number of aromatic hydroxyl groups is 1. The molecule has 1 rings (SSSR count). The smallest absolute Gasteiger partial charge is 0.303 e. The Labute approximate surface area is 118 Å². The zero-order valence-electron chi connectivity index (χ0n) is 11.5. The predicted molar refractivity (Wildman–Crippen MR) is 75.5 cm³/mol. The standard InChI is InChI=1S/C15H21NO4/c17-13-8-5-4-7-12(13)11-14(18)16-10-6-2-1-3-9-15(19)20/h4-5,7-8,17H,1-3,6,9-11H2,(H,16,18)(H,19,20). The van der Waals surface area contributed by atoms with Crippen LogP contribution in [0.25, 0.3) is 0 Å². The number of aliphatic carboxylic acids is 1. The Hall–Kier alpha value is -2.04. The van der Waals surface area contributed by atoms with Crippen LogP contribution < -0.4 is 5.32 Å². The van der Waals surface area contributed by atoms with Gasteiger partial charge in [-0.3, -0.25) is 9.59 Å². The lowest BCUT2D eigenvalue weighted by atomic mass is 10.1. The van der Waals surface area contributed by atoms with Crippen LogP contribution in [-0.2, 0) is 16.0 Å². The lowest BCUT2D eigenvalue weighted by Gasteiger charge is -2.06. The molecule has 1 aromatic rings. The summed E-state index contributed by atoms with van der Waals surface area (Å²) in [6.07, 6.45) is 3.67. The third kappa shape index (κ3) is 6.78. The molecule has 110 valence electrons. The zero-order chi connectivity index (χ0) is 14.8. The zero-order valence-corrected chi connectivity index (χ0v) is 11.5. The number of nitrogens with one attached hydrogen (secondary N) is 1. The highest BCUT2D eigenvalue weighted by atomic mass is 16.4. The van der Waals surface area contributed by atoms with E-state index in [1.54, 1.807) is 24.3 Å². The van der Waals surface area contributed by atoms with Crippen molar-refractivity contribution >= 4 is 11.9 Å². The van der Waals surface area contributed by atoms with Gasteiger partial charge in [0.1, 0.15) is 5.75 Å². The summed E-state index contributed by atoms with van der Waals surface area (Å²) in [5, 5.41) is 20.8. The summed E-state index contributed by atoms with van der Waals surface area (Å²) in [6.45, 7) is 0.583. The Morgan fingerprint density at radius 1 is 1.05 bits per heavy atom. The van der Waals surface area contributed by atoms with Gasteiger partial charge in [0, 0.05) is 18.5 Å². The molecule has 1 amide bonds. The van der Waals surface area contributed by atoms with Gasteiger partial charge in [-0.1, -0.05) is 31.0 Å². The number of carbonyl (C=O) groups excluding carboxylic acids is 1. The lowest BCUT2D eigenvalue weighted by molar-refractivity contribution is -0.137. The van der Waals surface area contributed by atoms with E-state index in [0.29, 0.717) is 18.5 Å². The van der Waals surface area contributed by atoms with Crippen molar-refractivity contribution in [1.82, 2.24) is 5.32 Å². The molecule has 5 heteroatoms. The van der Waals surface area contributed by atoms with Gasteiger partial charge in [-0.25, -0.2) is 0 Å². The van der Waals surface area contributed by atoms with Gasteiger partial charge in [0.2, 0.25) is 5.91 Å². The molecule has 0 aliphatic rings. The second kappa shape index (κ2) is 8.96. The number of hydrogen-bond acceptors (Lipinski definition) is 3. The van der Waals surface area contributed by atoms with Crippen LogP contribution in [0, 0.1) is 0 Å². The number of rotatable bonds is 9. The SMILES string of the molecule is O=C(O)CCCCCCNC(=O)Cc1ccccc1O. The van der Waals surface area contributed by atoms with Crippen molar-refractivity contribution in [2.24, 2.45) is 0 Å². The van der Waals surface area contributed by atoms with Crippen molar-refractivity contribution in [2.45, 2.75) is 38.5 Å². The molecule has 1 aromatic carbocycles. The van der Waals surface area contributed by atoms with E-state index in [9.17, 15) is 14.7 Å². The summed E-state index contributed by atoms with van der Waals surface area (Å²) in [7, 11) is 0. The molecule has 0 atom stereocenters. The third-order valence-electron chi connectivity index (χ3n) is 2.98. The maximum absolute atomic E-state index is 11.6. The second-order valence-electron chi connectivity index (χ2n) is 4.71. The number of amides is 1. The molecule has 3 N–H and O–H groups in total. The van der Waals surface area contributed by atoms with E-state index >= 15 is 0 Å². The van der Waals surface area contributed by atoms with Crippen molar-refractivity contribution in [2.75, 3.05) is 6.54 Å². The minimum absolute atomic E-state index is 0.114. The molecule has 0 unspecified atom stereocenters. The molecule has 0 heterocycles. The Morgan fingerprint density at radius 2 is 1.75 bits per heavy atom. The second-order valence-corrected chi connectivity index (χ2v) is 4.71. The topological polar surface area (TPSA) is 86.6 Å². The molecule has 5 nitrogen and oxygen atoms in total. The van der Waals surface area contributed by atoms with E-state index in [1.165, 1.54) is 0 Å². The molecule has 0 saturated heterocycles. The fourth-order valence-electron chi connectivity index (χ4n) is 1.88. The number of benzene rings is 1. The molecule has 0 spiro atoms. The minimum atomic E-state index is -0.763. The Bertz CT molecular complexity index is 445. The molecule has 0 aliphatic carbocycles. The maximum Gasteiger partial charge on any atom is 0.303 e. The number of hydrogen-bond donors (Lipinski definition) is 3. The molecule has 0 bridgehead atoms. The molecule has 0 aliphatic heterocycles. The predicted octanol–water partition coefficient (Wildman–Crippen LogP) is 2.09. The van der Waals surface area contributed by atoms with Crippen LogP contribution in [0.5, 0.6) is 5.75 Å². The highest BCUT2D eigenvalue weighted by molar-refractivity contribution is 5.79.